The molecule has 94 valence electrons. The zero-order chi connectivity index (χ0) is 12.7. The van der Waals surface area contributed by atoms with Gasteiger partial charge in [0.2, 0.25) is 0 Å². The normalized spacial score (nSPS) is 15.5. The van der Waals surface area contributed by atoms with Crippen molar-refractivity contribution < 1.29 is 4.79 Å². The van der Waals surface area contributed by atoms with Gasteiger partial charge >= 0.3 is 0 Å². The van der Waals surface area contributed by atoms with Gasteiger partial charge in [0, 0.05) is 27.6 Å². The highest BCUT2D eigenvalue weighted by atomic mass is 79.9. The smallest absolute Gasteiger partial charge is 0.266 e. The van der Waals surface area contributed by atoms with E-state index in [0.29, 0.717) is 10.6 Å². The van der Waals surface area contributed by atoms with Crippen LogP contribution in [-0.2, 0) is 0 Å². The van der Waals surface area contributed by atoms with Gasteiger partial charge in [-0.15, -0.1) is 11.3 Å². The van der Waals surface area contributed by atoms with E-state index >= 15 is 0 Å². The number of nitrogen functional groups attached to an aromatic ring is 1. The Labute approximate surface area is 118 Å². The lowest BCUT2D eigenvalue weighted by molar-refractivity contribution is 0.0798. The lowest BCUT2D eigenvalue weighted by Crippen LogP contribution is -2.27. The maximum Gasteiger partial charge on any atom is 0.266 e. The molecule has 2 N–H and O–H groups in total. The monoisotopic (exact) mass is 324 g/mol. The molecular formula is C13H13BrN2OS. The van der Waals surface area contributed by atoms with Crippen molar-refractivity contribution in [1.29, 1.82) is 0 Å². The molecule has 1 fully saturated rings. The fourth-order valence-electron chi connectivity index (χ4n) is 2.31. The topological polar surface area (TPSA) is 46.3 Å². The molecule has 1 aliphatic rings. The number of amides is 1. The Bertz CT molecular complexity index is 617. The molecule has 0 radical (unpaired) electrons. The number of fused-ring (bicyclic) bond motifs is 1. The van der Waals surface area contributed by atoms with Gasteiger partial charge in [0.1, 0.15) is 4.88 Å². The van der Waals surface area contributed by atoms with Crippen molar-refractivity contribution in [3.63, 3.8) is 0 Å². The summed E-state index contributed by atoms with van der Waals surface area (Å²) in [6, 6.07) is 5.93. The maximum absolute atomic E-state index is 12.4. The second-order valence-electron chi connectivity index (χ2n) is 4.48. The predicted octanol–water partition coefficient (Wildman–Crippen LogP) is 3.48. The van der Waals surface area contributed by atoms with E-state index in [1.54, 1.807) is 0 Å². The van der Waals surface area contributed by atoms with E-state index in [-0.39, 0.29) is 5.91 Å². The minimum Gasteiger partial charge on any atom is -0.397 e. The van der Waals surface area contributed by atoms with Crippen LogP contribution in [0.4, 0.5) is 5.69 Å². The van der Waals surface area contributed by atoms with E-state index in [4.69, 9.17) is 5.73 Å². The summed E-state index contributed by atoms with van der Waals surface area (Å²) >= 11 is 4.93. The molecular weight excluding hydrogens is 312 g/mol. The molecule has 3 rings (SSSR count). The summed E-state index contributed by atoms with van der Waals surface area (Å²) in [6.45, 7) is 1.71. The van der Waals surface area contributed by atoms with Gasteiger partial charge in [0.25, 0.3) is 5.91 Å². The molecule has 0 unspecified atom stereocenters. The Kier molecular flexibility index (Phi) is 3.03. The number of nitrogens with two attached hydrogens (primary N) is 1. The SMILES string of the molecule is Nc1c(C(=O)N2CCCC2)sc2cc(Br)ccc12. The third kappa shape index (κ3) is 1.91. The van der Waals surface area contributed by atoms with Gasteiger partial charge in [-0.1, -0.05) is 22.0 Å². The number of hydrogen-bond donors (Lipinski definition) is 1. The first-order valence-corrected chi connectivity index (χ1v) is 7.54. The minimum absolute atomic E-state index is 0.0855. The van der Waals surface area contributed by atoms with E-state index in [9.17, 15) is 4.79 Å². The van der Waals surface area contributed by atoms with E-state index in [2.05, 4.69) is 15.9 Å². The van der Waals surface area contributed by atoms with Crippen LogP contribution in [0.1, 0.15) is 22.5 Å². The summed E-state index contributed by atoms with van der Waals surface area (Å²) in [5.41, 5.74) is 6.73. The van der Waals surface area contributed by atoms with Gasteiger partial charge in [0.15, 0.2) is 0 Å². The van der Waals surface area contributed by atoms with Gasteiger partial charge in [-0.25, -0.2) is 0 Å². The Morgan fingerprint density at radius 2 is 2.06 bits per heavy atom. The molecule has 1 aliphatic heterocycles. The summed E-state index contributed by atoms with van der Waals surface area (Å²) in [4.78, 5) is 15.0. The highest BCUT2D eigenvalue weighted by molar-refractivity contribution is 9.10. The minimum atomic E-state index is 0.0855. The number of carbonyl (C=O) groups is 1. The first-order chi connectivity index (χ1) is 8.66. The van der Waals surface area contributed by atoms with E-state index in [0.717, 1.165) is 40.5 Å². The summed E-state index contributed by atoms with van der Waals surface area (Å²) in [7, 11) is 0. The lowest BCUT2D eigenvalue weighted by Gasteiger charge is -2.14. The number of rotatable bonds is 1. The van der Waals surface area contributed by atoms with Crippen molar-refractivity contribution in [3.05, 3.63) is 27.5 Å². The molecule has 0 bridgehead atoms. The van der Waals surface area contributed by atoms with E-state index in [1.165, 1.54) is 11.3 Å². The molecule has 0 saturated carbocycles. The highest BCUT2D eigenvalue weighted by Crippen LogP contribution is 2.36. The largest absolute Gasteiger partial charge is 0.397 e. The number of benzene rings is 1. The van der Waals surface area contributed by atoms with Crippen LogP contribution in [0.5, 0.6) is 0 Å². The second-order valence-corrected chi connectivity index (χ2v) is 6.45. The Morgan fingerprint density at radius 1 is 1.33 bits per heavy atom. The van der Waals surface area contributed by atoms with Crippen LogP contribution < -0.4 is 5.73 Å². The van der Waals surface area contributed by atoms with Gasteiger partial charge in [-0.2, -0.15) is 0 Å². The number of thiophene rings is 1. The average molecular weight is 325 g/mol. The molecule has 2 heterocycles. The summed E-state index contributed by atoms with van der Waals surface area (Å²) in [5, 5.41) is 0.978. The lowest BCUT2D eigenvalue weighted by atomic mass is 10.2. The molecule has 5 heteroatoms. The fourth-order valence-corrected chi connectivity index (χ4v) is 3.96. The third-order valence-electron chi connectivity index (χ3n) is 3.28. The van der Waals surface area contributed by atoms with Crippen molar-refractivity contribution in [2.24, 2.45) is 0 Å². The number of likely N-dealkylation sites (tertiary alicyclic amines) is 1. The third-order valence-corrected chi connectivity index (χ3v) is 4.93. The number of halogens is 1. The van der Waals surface area contributed by atoms with Crippen LogP contribution in [0.3, 0.4) is 0 Å². The van der Waals surface area contributed by atoms with Crippen molar-refractivity contribution in [3.8, 4) is 0 Å². The highest BCUT2D eigenvalue weighted by Gasteiger charge is 2.24. The average Bonchev–Trinajstić information content (AvgIpc) is 2.97. The van der Waals surface area contributed by atoms with E-state index in [1.807, 2.05) is 23.1 Å². The van der Waals surface area contributed by atoms with Crippen LogP contribution in [0.2, 0.25) is 0 Å². The summed E-state index contributed by atoms with van der Waals surface area (Å²) in [5.74, 6) is 0.0855. The van der Waals surface area contributed by atoms with E-state index < -0.39 is 0 Å². The van der Waals surface area contributed by atoms with Crippen molar-refractivity contribution >= 4 is 48.9 Å². The predicted molar refractivity (Wildman–Crippen MR) is 79.1 cm³/mol. The second kappa shape index (κ2) is 4.55. The molecule has 0 aliphatic carbocycles. The fraction of sp³-hybridized carbons (Fsp3) is 0.308. The zero-order valence-corrected chi connectivity index (χ0v) is 12.2. The summed E-state index contributed by atoms with van der Waals surface area (Å²) < 4.78 is 2.07. The Morgan fingerprint density at radius 3 is 2.78 bits per heavy atom. The first-order valence-electron chi connectivity index (χ1n) is 5.93. The molecule has 1 aromatic heterocycles. The molecule has 1 saturated heterocycles. The zero-order valence-electron chi connectivity index (χ0n) is 9.78. The molecule has 2 aromatic rings. The van der Waals surface area contributed by atoms with Gasteiger partial charge in [-0.3, -0.25) is 4.79 Å². The van der Waals surface area contributed by atoms with Crippen LogP contribution in [-0.4, -0.2) is 23.9 Å². The molecule has 18 heavy (non-hydrogen) atoms. The van der Waals surface area contributed by atoms with Gasteiger partial charge in [0.05, 0.1) is 5.69 Å². The van der Waals surface area contributed by atoms with Gasteiger partial charge in [-0.05, 0) is 25.0 Å². The molecule has 0 spiro atoms. The van der Waals surface area contributed by atoms with Crippen LogP contribution in [0.15, 0.2) is 22.7 Å². The van der Waals surface area contributed by atoms with Crippen molar-refractivity contribution in [2.45, 2.75) is 12.8 Å². The maximum atomic E-state index is 12.4. The van der Waals surface area contributed by atoms with Crippen molar-refractivity contribution in [2.75, 3.05) is 18.8 Å². The standard InChI is InChI=1S/C13H13BrN2OS/c14-8-3-4-9-10(7-8)18-12(11(9)15)13(17)16-5-1-2-6-16/h3-4,7H,1-2,5-6,15H2. The molecule has 1 amide bonds. The van der Waals surface area contributed by atoms with Crippen LogP contribution in [0.25, 0.3) is 10.1 Å². The Hall–Kier alpha value is -1.07. The van der Waals surface area contributed by atoms with Crippen molar-refractivity contribution in [1.82, 2.24) is 4.90 Å². The van der Waals surface area contributed by atoms with Crippen LogP contribution >= 0.6 is 27.3 Å². The number of carbonyl (C=O) groups excluding carboxylic acids is 1. The van der Waals surface area contributed by atoms with Gasteiger partial charge < -0.3 is 10.6 Å². The number of nitrogens with zero attached hydrogens (tertiary/aromatic N) is 1. The van der Waals surface area contributed by atoms with Crippen LogP contribution in [0, 0.1) is 0 Å². The first kappa shape index (κ1) is 12.0. The number of anilines is 1. The quantitative estimate of drug-likeness (QED) is 0.872. The number of hydrogen-bond acceptors (Lipinski definition) is 3. The molecule has 0 atom stereocenters. The summed E-state index contributed by atoms with van der Waals surface area (Å²) in [6.07, 6.45) is 2.20. The molecule has 3 nitrogen and oxygen atoms in total. The molecule has 1 aromatic carbocycles. The Balaban J connectivity index is 2.06.